The Hall–Kier alpha value is -1.09. The average Bonchev–Trinajstić information content (AvgIpc) is 2.47. The third-order valence-corrected chi connectivity index (χ3v) is 3.93. The van der Waals surface area contributed by atoms with E-state index in [4.69, 9.17) is 20.6 Å². The number of carbonyl (C=O) groups excluding carboxylic acids is 1. The van der Waals surface area contributed by atoms with Crippen LogP contribution in [0, 0.1) is 12.3 Å². The lowest BCUT2D eigenvalue weighted by molar-refractivity contribution is -0.883. The van der Waals surface area contributed by atoms with Crippen LogP contribution in [0.5, 0.6) is 0 Å². The van der Waals surface area contributed by atoms with Crippen LogP contribution in [-0.2, 0) is 19.0 Å². The van der Waals surface area contributed by atoms with Gasteiger partial charge in [0.2, 0.25) is 0 Å². The summed E-state index contributed by atoms with van der Waals surface area (Å²) in [5.74, 6) is 2.59. The molecule has 2 unspecified atom stereocenters. The quantitative estimate of drug-likeness (QED) is 0.267. The number of rotatable bonds is 10. The molecule has 1 saturated heterocycles. The maximum absolute atomic E-state index is 11.5. The van der Waals surface area contributed by atoms with Crippen molar-refractivity contribution >= 4 is 5.97 Å². The van der Waals surface area contributed by atoms with Crippen LogP contribution in [0.1, 0.15) is 45.4 Å². The number of hydrogen-bond acceptors (Lipinski definition) is 4. The van der Waals surface area contributed by atoms with Crippen LogP contribution in [0.25, 0.3) is 0 Å². The van der Waals surface area contributed by atoms with Gasteiger partial charge in [-0.2, -0.15) is 0 Å². The van der Waals surface area contributed by atoms with Crippen LogP contribution in [-0.4, -0.2) is 63.2 Å². The standard InChI is InChI=1S/C18H32NO4/c1-5-9-17(20)23-16-10-14-22-18(15-16)21-13-8-7-12-19(3,4)11-6-2/h2,16,18H,5,7-15H2,1,3-4H3/q+1. The maximum atomic E-state index is 11.5. The van der Waals surface area contributed by atoms with E-state index < -0.39 is 0 Å². The molecule has 0 saturated carbocycles. The Morgan fingerprint density at radius 2 is 2.17 bits per heavy atom. The Labute approximate surface area is 140 Å². The van der Waals surface area contributed by atoms with Crippen LogP contribution in [0.15, 0.2) is 0 Å². The predicted octanol–water partition coefficient (Wildman–Crippen LogP) is 2.34. The summed E-state index contributed by atoms with van der Waals surface area (Å²) in [5, 5.41) is 0. The Bertz CT molecular complexity index is 389. The number of hydrogen-bond donors (Lipinski definition) is 0. The number of unbranched alkanes of at least 4 members (excludes halogenated alkanes) is 1. The van der Waals surface area contributed by atoms with E-state index in [0.29, 0.717) is 26.1 Å². The van der Waals surface area contributed by atoms with Gasteiger partial charge >= 0.3 is 5.97 Å². The Morgan fingerprint density at radius 3 is 2.87 bits per heavy atom. The van der Waals surface area contributed by atoms with Gasteiger partial charge in [-0.1, -0.05) is 6.92 Å². The van der Waals surface area contributed by atoms with Crippen LogP contribution < -0.4 is 0 Å². The van der Waals surface area contributed by atoms with E-state index in [9.17, 15) is 4.79 Å². The summed E-state index contributed by atoms with van der Waals surface area (Å²) in [4.78, 5) is 11.5. The van der Waals surface area contributed by atoms with E-state index in [-0.39, 0.29) is 18.4 Å². The second-order valence-corrected chi connectivity index (χ2v) is 6.79. The van der Waals surface area contributed by atoms with Gasteiger partial charge < -0.3 is 18.7 Å². The fourth-order valence-electron chi connectivity index (χ4n) is 2.59. The molecule has 0 aromatic rings. The third kappa shape index (κ3) is 8.95. The summed E-state index contributed by atoms with van der Waals surface area (Å²) in [6.45, 7) is 5.01. The van der Waals surface area contributed by atoms with E-state index in [1.165, 1.54) is 0 Å². The minimum Gasteiger partial charge on any atom is -0.462 e. The SMILES string of the molecule is C#CC[N+](C)(C)CCCCOC1CC(OC(=O)CCC)CCO1. The largest absolute Gasteiger partial charge is 0.462 e. The number of quaternary nitrogens is 1. The highest BCUT2D eigenvalue weighted by Crippen LogP contribution is 2.19. The van der Waals surface area contributed by atoms with E-state index >= 15 is 0 Å². The third-order valence-electron chi connectivity index (χ3n) is 3.93. The highest BCUT2D eigenvalue weighted by molar-refractivity contribution is 5.69. The molecule has 0 aromatic carbocycles. The van der Waals surface area contributed by atoms with Crippen LogP contribution >= 0.6 is 0 Å². The van der Waals surface area contributed by atoms with Gasteiger partial charge in [-0.25, -0.2) is 0 Å². The van der Waals surface area contributed by atoms with Gasteiger partial charge in [-0.3, -0.25) is 4.79 Å². The molecule has 1 rings (SSSR count). The summed E-state index contributed by atoms with van der Waals surface area (Å²) >= 11 is 0. The van der Waals surface area contributed by atoms with Crippen molar-refractivity contribution in [3.63, 3.8) is 0 Å². The zero-order chi connectivity index (χ0) is 17.1. The van der Waals surface area contributed by atoms with E-state index in [1.807, 2.05) is 6.92 Å². The molecular weight excluding hydrogens is 294 g/mol. The molecule has 0 spiro atoms. The first-order valence-electron chi connectivity index (χ1n) is 8.65. The van der Waals surface area contributed by atoms with Gasteiger partial charge in [0.15, 0.2) is 6.29 Å². The van der Waals surface area contributed by atoms with Crippen molar-refractivity contribution in [2.75, 3.05) is 40.4 Å². The van der Waals surface area contributed by atoms with Crippen LogP contribution in [0.2, 0.25) is 0 Å². The van der Waals surface area contributed by atoms with E-state index in [0.717, 1.165) is 43.3 Å². The van der Waals surface area contributed by atoms with Crippen molar-refractivity contribution in [2.24, 2.45) is 0 Å². The topological polar surface area (TPSA) is 44.8 Å². The molecule has 0 bridgehead atoms. The monoisotopic (exact) mass is 326 g/mol. The number of esters is 1. The van der Waals surface area contributed by atoms with Crippen molar-refractivity contribution < 1.29 is 23.5 Å². The minimum atomic E-state index is -0.253. The zero-order valence-corrected chi connectivity index (χ0v) is 14.9. The Kier molecular flexibility index (Phi) is 9.23. The molecule has 0 aromatic heterocycles. The van der Waals surface area contributed by atoms with Crippen LogP contribution in [0.3, 0.4) is 0 Å². The molecule has 1 fully saturated rings. The summed E-state index contributed by atoms with van der Waals surface area (Å²) in [6.07, 6.45) is 9.77. The van der Waals surface area contributed by atoms with Crippen LogP contribution in [0.4, 0.5) is 0 Å². The molecule has 1 aliphatic rings. The molecule has 23 heavy (non-hydrogen) atoms. The van der Waals surface area contributed by atoms with Crippen molar-refractivity contribution in [2.45, 2.75) is 57.8 Å². The molecule has 1 heterocycles. The lowest BCUT2D eigenvalue weighted by Gasteiger charge is -2.29. The normalized spacial score (nSPS) is 21.7. The highest BCUT2D eigenvalue weighted by atomic mass is 16.7. The summed E-state index contributed by atoms with van der Waals surface area (Å²) in [5.41, 5.74) is 0. The van der Waals surface area contributed by atoms with E-state index in [2.05, 4.69) is 20.0 Å². The highest BCUT2D eigenvalue weighted by Gasteiger charge is 2.25. The molecule has 1 aliphatic heterocycles. The van der Waals surface area contributed by atoms with Gasteiger partial charge in [-0.05, 0) is 25.2 Å². The fraction of sp³-hybridized carbons (Fsp3) is 0.833. The number of nitrogens with zero attached hydrogens (tertiary/aromatic N) is 1. The summed E-state index contributed by atoms with van der Waals surface area (Å²) in [7, 11) is 4.28. The number of terminal acetylenes is 1. The second kappa shape index (κ2) is 10.6. The molecule has 2 atom stereocenters. The van der Waals surface area contributed by atoms with Crippen molar-refractivity contribution in [1.82, 2.24) is 0 Å². The summed E-state index contributed by atoms with van der Waals surface area (Å²) in [6, 6.07) is 0. The zero-order valence-electron chi connectivity index (χ0n) is 14.9. The summed E-state index contributed by atoms with van der Waals surface area (Å²) < 4.78 is 17.6. The predicted molar refractivity (Wildman–Crippen MR) is 89.6 cm³/mol. The Morgan fingerprint density at radius 1 is 1.39 bits per heavy atom. The molecule has 132 valence electrons. The first-order chi connectivity index (χ1) is 11.0. The van der Waals surface area contributed by atoms with Crippen molar-refractivity contribution in [3.05, 3.63) is 0 Å². The maximum Gasteiger partial charge on any atom is 0.306 e. The average molecular weight is 326 g/mol. The Balaban J connectivity index is 2.15. The molecule has 5 heteroatoms. The molecular formula is C18H32NO4+. The van der Waals surface area contributed by atoms with Gasteiger partial charge in [0, 0.05) is 25.9 Å². The lowest BCUT2D eigenvalue weighted by Crippen LogP contribution is -2.40. The number of ether oxygens (including phenoxy) is 3. The van der Waals surface area contributed by atoms with Crippen molar-refractivity contribution in [3.8, 4) is 12.3 Å². The van der Waals surface area contributed by atoms with Gasteiger partial charge in [0.1, 0.15) is 12.6 Å². The molecule has 0 N–H and O–H groups in total. The fourth-order valence-corrected chi connectivity index (χ4v) is 2.59. The molecule has 0 amide bonds. The second-order valence-electron chi connectivity index (χ2n) is 6.79. The first kappa shape index (κ1) is 20.0. The van der Waals surface area contributed by atoms with E-state index in [1.54, 1.807) is 0 Å². The molecule has 5 nitrogen and oxygen atoms in total. The van der Waals surface area contributed by atoms with Crippen molar-refractivity contribution in [1.29, 1.82) is 0 Å². The van der Waals surface area contributed by atoms with Gasteiger partial charge in [0.25, 0.3) is 0 Å². The first-order valence-corrected chi connectivity index (χ1v) is 8.65. The molecule has 0 aliphatic carbocycles. The smallest absolute Gasteiger partial charge is 0.306 e. The lowest BCUT2D eigenvalue weighted by atomic mass is 10.1. The van der Waals surface area contributed by atoms with Gasteiger partial charge in [0.05, 0.1) is 27.2 Å². The minimum absolute atomic E-state index is 0.0703. The molecule has 0 radical (unpaired) electrons. The number of carbonyl (C=O) groups is 1. The van der Waals surface area contributed by atoms with Gasteiger partial charge in [-0.15, -0.1) is 6.42 Å².